The molecule has 0 fully saturated rings. The van der Waals surface area contributed by atoms with Crippen molar-refractivity contribution in [1.82, 2.24) is 0 Å². The number of aliphatic hydroxyl groups is 1. The van der Waals surface area contributed by atoms with Crippen LogP contribution < -0.4 is 4.74 Å². The van der Waals surface area contributed by atoms with Gasteiger partial charge in [0.2, 0.25) is 0 Å². The Labute approximate surface area is 104 Å². The first-order valence-electron chi connectivity index (χ1n) is 4.92. The normalized spacial score (nSPS) is 12.0. The number of carbonyl (C=O) groups excluding carboxylic acids is 1. The largest absolute Gasteiger partial charge is 0.506 e. The highest BCUT2D eigenvalue weighted by molar-refractivity contribution is 6.32. The van der Waals surface area contributed by atoms with Gasteiger partial charge in [0.1, 0.15) is 11.5 Å². The van der Waals surface area contributed by atoms with Crippen LogP contribution in [0.4, 0.5) is 0 Å². The van der Waals surface area contributed by atoms with E-state index in [2.05, 4.69) is 4.74 Å². The van der Waals surface area contributed by atoms with Gasteiger partial charge in [-0.3, -0.25) is 0 Å². The zero-order chi connectivity index (χ0) is 13.0. The number of halogens is 1. The third kappa shape index (κ3) is 3.01. The van der Waals surface area contributed by atoms with E-state index in [-0.39, 0.29) is 22.9 Å². The van der Waals surface area contributed by atoms with E-state index in [9.17, 15) is 15.0 Å². The summed E-state index contributed by atoms with van der Waals surface area (Å²) in [5.41, 5.74) is -0.0483. The molecule has 0 aliphatic heterocycles. The molecule has 1 unspecified atom stereocenters. The van der Waals surface area contributed by atoms with Gasteiger partial charge < -0.3 is 19.7 Å². The molecule has 0 saturated carbocycles. The van der Waals surface area contributed by atoms with Crippen molar-refractivity contribution >= 4 is 17.6 Å². The van der Waals surface area contributed by atoms with Crippen LogP contribution in [-0.2, 0) is 9.53 Å². The maximum atomic E-state index is 11.3. The fraction of sp³-hybridized carbons (Fsp3) is 0.364. The number of carbonyl (C=O) groups is 1. The Morgan fingerprint density at radius 1 is 1.53 bits per heavy atom. The molecule has 1 rings (SSSR count). The van der Waals surface area contributed by atoms with E-state index in [0.717, 1.165) is 0 Å². The van der Waals surface area contributed by atoms with Crippen LogP contribution in [0.2, 0.25) is 5.02 Å². The zero-order valence-electron chi connectivity index (χ0n) is 9.44. The number of methoxy groups -OCH3 is 1. The maximum absolute atomic E-state index is 11.3. The molecule has 0 aromatic heterocycles. The Morgan fingerprint density at radius 2 is 2.18 bits per heavy atom. The van der Waals surface area contributed by atoms with Gasteiger partial charge in [0.25, 0.3) is 0 Å². The number of esters is 1. The number of rotatable bonds is 4. The van der Waals surface area contributed by atoms with Crippen molar-refractivity contribution in [2.24, 2.45) is 0 Å². The van der Waals surface area contributed by atoms with Crippen molar-refractivity contribution in [2.45, 2.75) is 13.0 Å². The van der Waals surface area contributed by atoms with Gasteiger partial charge in [0, 0.05) is 11.6 Å². The SMILES string of the molecule is CCOC(=O)C(O)c1cc(OC)cc(Cl)c1O. The van der Waals surface area contributed by atoms with Crippen molar-refractivity contribution in [3.63, 3.8) is 0 Å². The standard InChI is InChI=1S/C11H13ClO5/c1-3-17-11(15)10(14)7-4-6(16-2)5-8(12)9(7)13/h4-5,10,13-14H,3H2,1-2H3. The molecule has 1 aromatic carbocycles. The minimum atomic E-state index is -1.59. The fourth-order valence-corrected chi connectivity index (χ4v) is 1.49. The molecule has 94 valence electrons. The van der Waals surface area contributed by atoms with Crippen LogP contribution in [0, 0.1) is 0 Å². The molecule has 0 amide bonds. The van der Waals surface area contributed by atoms with Crippen LogP contribution in [0.3, 0.4) is 0 Å². The van der Waals surface area contributed by atoms with E-state index in [1.165, 1.54) is 19.2 Å². The molecule has 0 bridgehead atoms. The maximum Gasteiger partial charge on any atom is 0.339 e. The molecular formula is C11H13ClO5. The third-order valence-corrected chi connectivity index (χ3v) is 2.39. The van der Waals surface area contributed by atoms with Gasteiger partial charge in [-0.1, -0.05) is 11.6 Å². The summed E-state index contributed by atoms with van der Waals surface area (Å²) in [7, 11) is 1.41. The van der Waals surface area contributed by atoms with Crippen molar-refractivity contribution in [3.05, 3.63) is 22.7 Å². The summed E-state index contributed by atoms with van der Waals surface area (Å²) >= 11 is 5.73. The number of phenolic OH excluding ortho intramolecular Hbond substituents is 1. The predicted octanol–water partition coefficient (Wildman–Crippen LogP) is 1.65. The Kier molecular flexibility index (Phi) is 4.60. The average molecular weight is 261 g/mol. The Balaban J connectivity index is 3.11. The molecule has 6 heteroatoms. The lowest BCUT2D eigenvalue weighted by Gasteiger charge is -2.13. The van der Waals surface area contributed by atoms with Crippen LogP contribution in [0.25, 0.3) is 0 Å². The van der Waals surface area contributed by atoms with Crippen LogP contribution in [0.15, 0.2) is 12.1 Å². The van der Waals surface area contributed by atoms with E-state index >= 15 is 0 Å². The molecule has 0 spiro atoms. The minimum absolute atomic E-state index is 0.0114. The van der Waals surface area contributed by atoms with E-state index in [4.69, 9.17) is 16.3 Å². The topological polar surface area (TPSA) is 76.0 Å². The molecule has 0 aliphatic carbocycles. The average Bonchev–Trinajstić information content (AvgIpc) is 2.31. The monoisotopic (exact) mass is 260 g/mol. The fourth-order valence-electron chi connectivity index (χ4n) is 1.27. The van der Waals surface area contributed by atoms with Crippen molar-refractivity contribution in [3.8, 4) is 11.5 Å². The lowest BCUT2D eigenvalue weighted by atomic mass is 10.1. The van der Waals surface area contributed by atoms with Gasteiger partial charge in [-0.05, 0) is 13.0 Å². The molecule has 5 nitrogen and oxygen atoms in total. The highest BCUT2D eigenvalue weighted by atomic mass is 35.5. The second-order valence-corrected chi connectivity index (χ2v) is 3.61. The number of aromatic hydroxyl groups is 1. The first-order chi connectivity index (χ1) is 8.01. The number of phenols is 1. The van der Waals surface area contributed by atoms with Crippen LogP contribution >= 0.6 is 11.6 Å². The lowest BCUT2D eigenvalue weighted by Crippen LogP contribution is -2.15. The summed E-state index contributed by atoms with van der Waals surface area (Å²) in [6.45, 7) is 1.75. The van der Waals surface area contributed by atoms with Crippen molar-refractivity contribution < 1.29 is 24.5 Å². The van der Waals surface area contributed by atoms with Crippen molar-refractivity contribution in [1.29, 1.82) is 0 Å². The molecule has 0 heterocycles. The van der Waals surface area contributed by atoms with Crippen LogP contribution in [-0.4, -0.2) is 29.9 Å². The first kappa shape index (κ1) is 13.6. The number of benzene rings is 1. The second-order valence-electron chi connectivity index (χ2n) is 3.20. The first-order valence-corrected chi connectivity index (χ1v) is 5.30. The Hall–Kier alpha value is -1.46. The van der Waals surface area contributed by atoms with E-state index < -0.39 is 12.1 Å². The van der Waals surface area contributed by atoms with Crippen LogP contribution in [0.5, 0.6) is 11.5 Å². The molecule has 0 saturated heterocycles. The summed E-state index contributed by atoms with van der Waals surface area (Å²) in [6, 6.07) is 2.70. The summed E-state index contributed by atoms with van der Waals surface area (Å²) in [5, 5.41) is 19.3. The van der Waals surface area contributed by atoms with Gasteiger partial charge in [0.05, 0.1) is 18.7 Å². The molecule has 0 aliphatic rings. The summed E-state index contributed by atoms with van der Waals surface area (Å²) in [5.74, 6) is -0.897. The number of hydrogen-bond donors (Lipinski definition) is 2. The highest BCUT2D eigenvalue weighted by Gasteiger charge is 2.24. The van der Waals surface area contributed by atoms with Gasteiger partial charge in [-0.2, -0.15) is 0 Å². The van der Waals surface area contributed by atoms with Crippen LogP contribution in [0.1, 0.15) is 18.6 Å². The quantitative estimate of drug-likeness (QED) is 0.805. The molecule has 0 radical (unpaired) electrons. The molecule has 17 heavy (non-hydrogen) atoms. The Morgan fingerprint density at radius 3 is 2.71 bits per heavy atom. The van der Waals surface area contributed by atoms with Gasteiger partial charge in [-0.15, -0.1) is 0 Å². The summed E-state index contributed by atoms with van der Waals surface area (Å²) < 4.78 is 9.56. The Bertz CT molecular complexity index is 419. The molecule has 1 aromatic rings. The molecular weight excluding hydrogens is 248 g/mol. The number of ether oxygens (including phenoxy) is 2. The van der Waals surface area contributed by atoms with Gasteiger partial charge >= 0.3 is 5.97 Å². The van der Waals surface area contributed by atoms with E-state index in [1.54, 1.807) is 6.92 Å². The van der Waals surface area contributed by atoms with Gasteiger partial charge in [0.15, 0.2) is 6.10 Å². The smallest absolute Gasteiger partial charge is 0.339 e. The van der Waals surface area contributed by atoms with E-state index in [0.29, 0.717) is 5.75 Å². The molecule has 2 N–H and O–H groups in total. The minimum Gasteiger partial charge on any atom is -0.506 e. The zero-order valence-corrected chi connectivity index (χ0v) is 10.2. The number of aliphatic hydroxyl groups excluding tert-OH is 1. The second kappa shape index (κ2) is 5.75. The highest BCUT2D eigenvalue weighted by Crippen LogP contribution is 2.36. The lowest BCUT2D eigenvalue weighted by molar-refractivity contribution is -0.153. The predicted molar refractivity (Wildman–Crippen MR) is 61.3 cm³/mol. The van der Waals surface area contributed by atoms with E-state index in [1.807, 2.05) is 0 Å². The van der Waals surface area contributed by atoms with Crippen molar-refractivity contribution in [2.75, 3.05) is 13.7 Å². The summed E-state index contributed by atoms with van der Waals surface area (Å²) in [6.07, 6.45) is -1.59. The number of hydrogen-bond acceptors (Lipinski definition) is 5. The van der Waals surface area contributed by atoms with Gasteiger partial charge in [-0.25, -0.2) is 4.79 Å². The third-order valence-electron chi connectivity index (χ3n) is 2.11. The molecule has 1 atom stereocenters. The summed E-state index contributed by atoms with van der Waals surface area (Å²) in [4.78, 5) is 11.3.